The second-order valence-corrected chi connectivity index (χ2v) is 3.14. The van der Waals surface area contributed by atoms with Crippen molar-refractivity contribution in [1.29, 1.82) is 0 Å². The third kappa shape index (κ3) is 3.13. The first-order chi connectivity index (χ1) is 8.04. The van der Waals surface area contributed by atoms with Crippen molar-refractivity contribution in [2.45, 2.75) is 6.36 Å². The molecule has 1 aromatic heterocycles. The van der Waals surface area contributed by atoms with E-state index in [1.165, 1.54) is 24.4 Å². The lowest BCUT2D eigenvalue weighted by Gasteiger charge is -2.13. The van der Waals surface area contributed by atoms with E-state index in [0.717, 1.165) is 0 Å². The number of benzene rings is 1. The number of H-pyrrole nitrogens is 1. The predicted octanol–water partition coefficient (Wildman–Crippen LogP) is 3.05. The Bertz CT molecular complexity index is 482. The molecule has 2 aromatic rings. The molecule has 0 unspecified atom stereocenters. The fourth-order valence-corrected chi connectivity index (χ4v) is 1.25. The van der Waals surface area contributed by atoms with Crippen LogP contribution in [0.5, 0.6) is 5.75 Å². The number of aromatic amines is 1. The molecule has 1 heterocycles. The summed E-state index contributed by atoms with van der Waals surface area (Å²) < 4.78 is 40.3. The number of anilines is 2. The van der Waals surface area contributed by atoms with E-state index < -0.39 is 6.36 Å². The lowest BCUT2D eigenvalue weighted by Crippen LogP contribution is -2.17. The first-order valence-corrected chi connectivity index (χ1v) is 4.66. The first kappa shape index (κ1) is 11.3. The quantitative estimate of drug-likeness (QED) is 0.871. The Labute approximate surface area is 94.4 Å². The molecule has 0 radical (unpaired) electrons. The van der Waals surface area contributed by atoms with Gasteiger partial charge in [-0.3, -0.25) is 5.10 Å². The lowest BCUT2D eigenvalue weighted by atomic mass is 10.3. The van der Waals surface area contributed by atoms with E-state index in [-0.39, 0.29) is 11.4 Å². The van der Waals surface area contributed by atoms with Crippen molar-refractivity contribution >= 4 is 11.5 Å². The third-order valence-electron chi connectivity index (χ3n) is 1.88. The van der Waals surface area contributed by atoms with Gasteiger partial charge in [0.05, 0.1) is 11.9 Å². The third-order valence-corrected chi connectivity index (χ3v) is 1.88. The first-order valence-electron chi connectivity index (χ1n) is 4.66. The Morgan fingerprint density at radius 1 is 1.18 bits per heavy atom. The summed E-state index contributed by atoms with van der Waals surface area (Å²) in [7, 11) is 0. The Hall–Kier alpha value is -2.18. The van der Waals surface area contributed by atoms with Gasteiger partial charge in [-0.15, -0.1) is 13.2 Å². The second kappa shape index (κ2) is 4.36. The number of nitrogens with zero attached hydrogens (tertiary/aromatic N) is 1. The summed E-state index contributed by atoms with van der Waals surface area (Å²) in [5.74, 6) is 0.179. The Morgan fingerprint density at radius 3 is 2.59 bits per heavy atom. The van der Waals surface area contributed by atoms with Crippen LogP contribution in [0.2, 0.25) is 0 Å². The van der Waals surface area contributed by atoms with E-state index in [9.17, 15) is 13.2 Å². The van der Waals surface area contributed by atoms with E-state index >= 15 is 0 Å². The van der Waals surface area contributed by atoms with E-state index in [4.69, 9.17) is 0 Å². The van der Waals surface area contributed by atoms with Crippen molar-refractivity contribution in [3.05, 3.63) is 36.5 Å². The predicted molar refractivity (Wildman–Crippen MR) is 55.0 cm³/mol. The Morgan fingerprint density at radius 2 is 1.94 bits per heavy atom. The summed E-state index contributed by atoms with van der Waals surface area (Å²) >= 11 is 0. The number of alkyl halides is 3. The molecular weight excluding hydrogens is 235 g/mol. The number of nitrogens with one attached hydrogen (secondary N) is 2. The van der Waals surface area contributed by atoms with Crippen molar-refractivity contribution < 1.29 is 17.9 Å². The molecule has 0 saturated carbocycles. The van der Waals surface area contributed by atoms with Crippen LogP contribution in [0.15, 0.2) is 36.5 Å². The van der Waals surface area contributed by atoms with Gasteiger partial charge in [0.25, 0.3) is 0 Å². The number of hydrogen-bond acceptors (Lipinski definition) is 3. The zero-order chi connectivity index (χ0) is 12.3. The van der Waals surface area contributed by atoms with Crippen molar-refractivity contribution in [1.82, 2.24) is 10.2 Å². The van der Waals surface area contributed by atoms with Crippen LogP contribution in [0.25, 0.3) is 0 Å². The van der Waals surface area contributed by atoms with Gasteiger partial charge < -0.3 is 10.1 Å². The summed E-state index contributed by atoms with van der Waals surface area (Å²) in [5.41, 5.74) is 0.203. The van der Waals surface area contributed by atoms with Gasteiger partial charge in [0.1, 0.15) is 5.82 Å². The normalized spacial score (nSPS) is 11.2. The van der Waals surface area contributed by atoms with Gasteiger partial charge in [-0.2, -0.15) is 5.10 Å². The molecule has 0 spiro atoms. The van der Waals surface area contributed by atoms with Crippen LogP contribution in [0, 0.1) is 0 Å². The van der Waals surface area contributed by atoms with Crippen molar-refractivity contribution in [2.75, 3.05) is 5.32 Å². The van der Waals surface area contributed by atoms with Gasteiger partial charge in [-0.1, -0.05) is 12.1 Å². The fraction of sp³-hybridized carbons (Fsp3) is 0.100. The van der Waals surface area contributed by atoms with Crippen LogP contribution in [0.3, 0.4) is 0 Å². The van der Waals surface area contributed by atoms with Crippen molar-refractivity contribution in [3.8, 4) is 5.75 Å². The highest BCUT2D eigenvalue weighted by molar-refractivity contribution is 5.63. The number of aromatic nitrogens is 2. The number of halogens is 3. The Balaban J connectivity index is 2.22. The largest absolute Gasteiger partial charge is 0.573 e. The minimum absolute atomic E-state index is 0.203. The van der Waals surface area contributed by atoms with Gasteiger partial charge in [-0.05, 0) is 12.1 Å². The molecule has 0 fully saturated rings. The van der Waals surface area contributed by atoms with Gasteiger partial charge in [0.15, 0.2) is 5.75 Å². The van der Waals surface area contributed by atoms with Crippen LogP contribution in [0.1, 0.15) is 0 Å². The fourth-order valence-electron chi connectivity index (χ4n) is 1.25. The van der Waals surface area contributed by atoms with Crippen LogP contribution in [-0.4, -0.2) is 16.6 Å². The second-order valence-electron chi connectivity index (χ2n) is 3.14. The highest BCUT2D eigenvalue weighted by Gasteiger charge is 2.32. The summed E-state index contributed by atoms with van der Waals surface area (Å²) in [5, 5.41) is 8.98. The minimum atomic E-state index is -4.72. The maximum Gasteiger partial charge on any atom is 0.573 e. The van der Waals surface area contributed by atoms with Crippen LogP contribution in [0.4, 0.5) is 24.7 Å². The van der Waals surface area contributed by atoms with Crippen molar-refractivity contribution in [2.24, 2.45) is 0 Å². The summed E-state index contributed by atoms with van der Waals surface area (Å²) in [6.07, 6.45) is -3.23. The smallest absolute Gasteiger partial charge is 0.404 e. The highest BCUT2D eigenvalue weighted by atomic mass is 19.4. The van der Waals surface area contributed by atoms with Gasteiger partial charge in [0.2, 0.25) is 0 Å². The molecule has 2 N–H and O–H groups in total. The summed E-state index contributed by atoms with van der Waals surface area (Å²) in [6.45, 7) is 0. The monoisotopic (exact) mass is 243 g/mol. The molecule has 0 bridgehead atoms. The van der Waals surface area contributed by atoms with Crippen LogP contribution < -0.4 is 10.1 Å². The molecule has 17 heavy (non-hydrogen) atoms. The van der Waals surface area contributed by atoms with Crippen LogP contribution >= 0.6 is 0 Å². The molecule has 0 amide bonds. The van der Waals surface area contributed by atoms with Crippen LogP contribution in [-0.2, 0) is 0 Å². The molecule has 0 aliphatic rings. The maximum atomic E-state index is 12.1. The van der Waals surface area contributed by atoms with E-state index in [1.54, 1.807) is 12.1 Å². The Kier molecular flexibility index (Phi) is 2.90. The zero-order valence-electron chi connectivity index (χ0n) is 8.45. The number of rotatable bonds is 3. The number of ether oxygens (including phenoxy) is 1. The molecule has 0 atom stereocenters. The topological polar surface area (TPSA) is 49.9 Å². The van der Waals surface area contributed by atoms with Crippen molar-refractivity contribution in [3.63, 3.8) is 0 Å². The molecular formula is C10H8F3N3O. The number of hydrogen-bond donors (Lipinski definition) is 2. The molecule has 2 rings (SSSR count). The van der Waals surface area contributed by atoms with E-state index in [2.05, 4.69) is 20.3 Å². The number of para-hydroxylation sites is 2. The SMILES string of the molecule is FC(F)(F)Oc1ccccc1Nc1ccn[nH]1. The molecule has 0 saturated heterocycles. The summed E-state index contributed by atoms with van der Waals surface area (Å²) in [4.78, 5) is 0. The maximum absolute atomic E-state index is 12.1. The molecule has 90 valence electrons. The van der Waals surface area contributed by atoms with Gasteiger partial charge >= 0.3 is 6.36 Å². The van der Waals surface area contributed by atoms with Gasteiger partial charge in [0, 0.05) is 6.07 Å². The highest BCUT2D eigenvalue weighted by Crippen LogP contribution is 2.31. The molecule has 0 aliphatic carbocycles. The molecule has 4 nitrogen and oxygen atoms in total. The molecule has 0 aliphatic heterocycles. The van der Waals surface area contributed by atoms with E-state index in [0.29, 0.717) is 5.82 Å². The van der Waals surface area contributed by atoms with E-state index in [1.807, 2.05) is 0 Å². The average Bonchev–Trinajstić information content (AvgIpc) is 2.71. The minimum Gasteiger partial charge on any atom is -0.404 e. The standard InChI is InChI=1S/C10H8F3N3O/c11-10(12,13)17-8-4-2-1-3-7(8)15-9-5-6-14-16-9/h1-6H,(H2,14,15,16). The lowest BCUT2D eigenvalue weighted by molar-refractivity contribution is -0.274. The summed E-state index contributed by atoms with van der Waals surface area (Å²) in [6, 6.07) is 7.35. The zero-order valence-corrected chi connectivity index (χ0v) is 8.45. The average molecular weight is 243 g/mol. The van der Waals surface area contributed by atoms with Gasteiger partial charge in [-0.25, -0.2) is 0 Å². The molecule has 7 heteroatoms. The molecule has 1 aromatic carbocycles.